The van der Waals surface area contributed by atoms with Gasteiger partial charge in [-0.05, 0) is 17.2 Å². The summed E-state index contributed by atoms with van der Waals surface area (Å²) in [5, 5.41) is 32.6. The average Bonchev–Trinajstić information content (AvgIpc) is 2.62. The number of aromatic hydroxyl groups is 1. The Balaban J connectivity index is 2.21. The van der Waals surface area contributed by atoms with Crippen molar-refractivity contribution in [2.24, 2.45) is 0 Å². The van der Waals surface area contributed by atoms with Gasteiger partial charge in [-0.2, -0.15) is 0 Å². The second-order valence-electron chi connectivity index (χ2n) is 5.46. The lowest BCUT2D eigenvalue weighted by Crippen LogP contribution is -2.35. The fourth-order valence-electron chi connectivity index (χ4n) is 2.83. The van der Waals surface area contributed by atoms with Gasteiger partial charge in [-0.3, -0.25) is 0 Å². The van der Waals surface area contributed by atoms with Gasteiger partial charge >= 0.3 is 0 Å². The molecule has 3 heteroatoms. The smallest absolute Gasteiger partial charge is 0.148 e. The van der Waals surface area contributed by atoms with E-state index < -0.39 is 11.7 Å². The van der Waals surface area contributed by atoms with Crippen molar-refractivity contribution in [2.45, 2.75) is 11.7 Å². The van der Waals surface area contributed by atoms with Crippen molar-refractivity contribution in [3.63, 3.8) is 0 Å². The highest BCUT2D eigenvalue weighted by atomic mass is 16.3. The van der Waals surface area contributed by atoms with Gasteiger partial charge in [0.2, 0.25) is 0 Å². The molecule has 3 N–H and O–H groups in total. The first-order chi connectivity index (χ1) is 11.1. The van der Waals surface area contributed by atoms with E-state index in [0.717, 1.165) is 0 Å². The molecule has 0 radical (unpaired) electrons. The third-order valence-electron chi connectivity index (χ3n) is 4.04. The van der Waals surface area contributed by atoms with E-state index in [1.165, 1.54) is 6.07 Å². The Bertz CT molecular complexity index is 771. The molecule has 3 aromatic rings. The van der Waals surface area contributed by atoms with E-state index in [-0.39, 0.29) is 11.3 Å². The van der Waals surface area contributed by atoms with Crippen molar-refractivity contribution >= 4 is 0 Å². The molecule has 3 nitrogen and oxygen atoms in total. The first-order valence-corrected chi connectivity index (χ1v) is 7.43. The monoisotopic (exact) mass is 306 g/mol. The number of benzene rings is 3. The summed E-state index contributed by atoms with van der Waals surface area (Å²) in [4.78, 5) is 0. The van der Waals surface area contributed by atoms with E-state index in [0.29, 0.717) is 11.1 Å². The van der Waals surface area contributed by atoms with Gasteiger partial charge < -0.3 is 15.3 Å². The van der Waals surface area contributed by atoms with Crippen LogP contribution in [0, 0.1) is 0 Å². The van der Waals surface area contributed by atoms with E-state index in [2.05, 4.69) is 0 Å². The molecule has 0 aliphatic carbocycles. The van der Waals surface area contributed by atoms with Crippen LogP contribution in [0.2, 0.25) is 0 Å². The lowest BCUT2D eigenvalue weighted by molar-refractivity contribution is -0.0530. The third-order valence-corrected chi connectivity index (χ3v) is 4.04. The number of aliphatic hydroxyl groups is 2. The molecule has 0 aliphatic rings. The predicted octanol–water partition coefficient (Wildman–Crippen LogP) is 3.36. The number of phenolic OH excluding ortho intramolecular Hbond substituents is 1. The minimum absolute atomic E-state index is 0.0613. The number of hydrogen-bond donors (Lipinski definition) is 3. The standard InChI is InChI=1S/C20H18O3/c21-18-14-8-7-13-17(18)20(23,16-11-5-2-6-12-16)19(22)15-9-3-1-4-10-15/h1-14,19,21-23H. The lowest BCUT2D eigenvalue weighted by atomic mass is 9.78. The summed E-state index contributed by atoms with van der Waals surface area (Å²) in [6, 6.07) is 24.4. The van der Waals surface area contributed by atoms with Crippen LogP contribution < -0.4 is 0 Å². The Kier molecular flexibility index (Phi) is 4.15. The average molecular weight is 306 g/mol. The van der Waals surface area contributed by atoms with Crippen LogP contribution in [0.15, 0.2) is 84.9 Å². The zero-order chi connectivity index (χ0) is 16.3. The summed E-state index contributed by atoms with van der Waals surface area (Å²) < 4.78 is 0. The highest BCUT2D eigenvalue weighted by molar-refractivity contribution is 5.46. The number of hydrogen-bond acceptors (Lipinski definition) is 3. The van der Waals surface area contributed by atoms with Crippen molar-refractivity contribution < 1.29 is 15.3 Å². The van der Waals surface area contributed by atoms with Crippen LogP contribution in [0.5, 0.6) is 5.75 Å². The maximum absolute atomic E-state index is 11.4. The van der Waals surface area contributed by atoms with Gasteiger partial charge in [-0.1, -0.05) is 78.9 Å². The molecule has 2 atom stereocenters. The normalized spacial score (nSPS) is 14.9. The van der Waals surface area contributed by atoms with E-state index in [4.69, 9.17) is 0 Å². The summed E-state index contributed by atoms with van der Waals surface area (Å²) >= 11 is 0. The Labute approximate surface area is 135 Å². The van der Waals surface area contributed by atoms with Gasteiger partial charge in [0, 0.05) is 5.56 Å². The van der Waals surface area contributed by atoms with E-state index in [1.54, 1.807) is 66.7 Å². The Hall–Kier alpha value is -2.62. The molecule has 0 saturated carbocycles. The van der Waals surface area contributed by atoms with Gasteiger partial charge in [-0.15, -0.1) is 0 Å². The maximum atomic E-state index is 11.4. The zero-order valence-corrected chi connectivity index (χ0v) is 12.5. The van der Waals surface area contributed by atoms with Crippen molar-refractivity contribution in [1.29, 1.82) is 0 Å². The molecule has 0 spiro atoms. The first kappa shape index (κ1) is 15.3. The van der Waals surface area contributed by atoms with Crippen molar-refractivity contribution in [3.8, 4) is 5.75 Å². The van der Waals surface area contributed by atoms with Crippen molar-refractivity contribution in [3.05, 3.63) is 102 Å². The molecule has 2 unspecified atom stereocenters. The number of para-hydroxylation sites is 1. The Morgan fingerprint density at radius 3 is 1.83 bits per heavy atom. The minimum atomic E-state index is -1.76. The van der Waals surface area contributed by atoms with Crippen molar-refractivity contribution in [1.82, 2.24) is 0 Å². The summed E-state index contributed by atoms with van der Waals surface area (Å²) in [6.07, 6.45) is -1.22. The molecule has 0 bridgehead atoms. The first-order valence-electron chi connectivity index (χ1n) is 7.43. The second-order valence-corrected chi connectivity index (χ2v) is 5.46. The molecule has 3 rings (SSSR count). The van der Waals surface area contributed by atoms with Crippen LogP contribution in [-0.4, -0.2) is 15.3 Å². The fourth-order valence-corrected chi connectivity index (χ4v) is 2.83. The van der Waals surface area contributed by atoms with Crippen molar-refractivity contribution in [2.75, 3.05) is 0 Å². The van der Waals surface area contributed by atoms with Gasteiger partial charge in [0.05, 0.1) is 0 Å². The van der Waals surface area contributed by atoms with E-state index in [1.807, 2.05) is 12.1 Å². The van der Waals surface area contributed by atoms with Gasteiger partial charge in [0.15, 0.2) is 0 Å². The quantitative estimate of drug-likeness (QED) is 0.692. The topological polar surface area (TPSA) is 60.7 Å². The van der Waals surface area contributed by atoms with Crippen LogP contribution >= 0.6 is 0 Å². The highest BCUT2D eigenvalue weighted by Gasteiger charge is 2.42. The van der Waals surface area contributed by atoms with Crippen LogP contribution in [0.25, 0.3) is 0 Å². The third kappa shape index (κ3) is 2.72. The summed E-state index contributed by atoms with van der Waals surface area (Å²) in [6.45, 7) is 0. The molecule has 0 heterocycles. The Morgan fingerprint density at radius 1 is 0.696 bits per heavy atom. The summed E-state index contributed by atoms with van der Waals surface area (Å²) in [5.74, 6) is -0.0613. The molecular formula is C20H18O3. The molecule has 0 aromatic heterocycles. The molecule has 0 aliphatic heterocycles. The molecule has 3 aromatic carbocycles. The number of phenols is 1. The van der Waals surface area contributed by atoms with Crippen LogP contribution in [-0.2, 0) is 5.60 Å². The van der Waals surface area contributed by atoms with E-state index in [9.17, 15) is 15.3 Å². The maximum Gasteiger partial charge on any atom is 0.148 e. The SMILES string of the molecule is Oc1ccccc1C(O)(c1ccccc1)C(O)c1ccccc1. The molecule has 116 valence electrons. The number of rotatable bonds is 4. The zero-order valence-electron chi connectivity index (χ0n) is 12.5. The molecule has 23 heavy (non-hydrogen) atoms. The summed E-state index contributed by atoms with van der Waals surface area (Å²) in [5.41, 5.74) is -0.406. The van der Waals surface area contributed by atoms with Crippen LogP contribution in [0.3, 0.4) is 0 Å². The highest BCUT2D eigenvalue weighted by Crippen LogP contribution is 2.44. The second kappa shape index (κ2) is 6.24. The van der Waals surface area contributed by atoms with Gasteiger partial charge in [0.1, 0.15) is 17.5 Å². The van der Waals surface area contributed by atoms with E-state index >= 15 is 0 Å². The fraction of sp³-hybridized carbons (Fsp3) is 0.100. The van der Waals surface area contributed by atoms with Gasteiger partial charge in [0.25, 0.3) is 0 Å². The predicted molar refractivity (Wildman–Crippen MR) is 88.9 cm³/mol. The lowest BCUT2D eigenvalue weighted by Gasteiger charge is -2.34. The number of aliphatic hydroxyl groups excluding tert-OH is 1. The molecule has 0 saturated heterocycles. The van der Waals surface area contributed by atoms with Crippen LogP contribution in [0.1, 0.15) is 22.8 Å². The Morgan fingerprint density at radius 2 is 1.22 bits per heavy atom. The van der Waals surface area contributed by atoms with Gasteiger partial charge in [-0.25, -0.2) is 0 Å². The largest absolute Gasteiger partial charge is 0.508 e. The molecule has 0 fully saturated rings. The molecular weight excluding hydrogens is 288 g/mol. The summed E-state index contributed by atoms with van der Waals surface area (Å²) in [7, 11) is 0. The van der Waals surface area contributed by atoms with Crippen LogP contribution in [0.4, 0.5) is 0 Å². The minimum Gasteiger partial charge on any atom is -0.508 e. The molecule has 0 amide bonds.